The van der Waals surface area contributed by atoms with Gasteiger partial charge in [0.25, 0.3) is 5.91 Å². The second kappa shape index (κ2) is 4.85. The summed E-state index contributed by atoms with van der Waals surface area (Å²) in [7, 11) is 0. The van der Waals surface area contributed by atoms with Crippen molar-refractivity contribution < 1.29 is 19.4 Å². The Hall–Kier alpha value is -1.86. The van der Waals surface area contributed by atoms with Gasteiger partial charge in [-0.3, -0.25) is 9.59 Å². The van der Waals surface area contributed by atoms with Crippen molar-refractivity contribution in [2.24, 2.45) is 0 Å². The topological polar surface area (TPSA) is 88.8 Å². The zero-order valence-corrected chi connectivity index (χ0v) is 12.0. The number of rotatable bonds is 1. The molecule has 3 rings (SSSR count). The fraction of sp³-hybridized carbons (Fsp3) is 0.462. The van der Waals surface area contributed by atoms with Gasteiger partial charge in [-0.25, -0.2) is 4.79 Å². The molecule has 8 heteroatoms. The lowest BCUT2D eigenvalue weighted by Crippen LogP contribution is -2.57. The number of aromatic nitrogens is 1. The van der Waals surface area contributed by atoms with Crippen LogP contribution in [0.4, 0.5) is 0 Å². The zero-order chi connectivity index (χ0) is 15.3. The molecule has 2 atom stereocenters. The number of hydrogen-bond acceptors (Lipinski definition) is 4. The average molecular weight is 313 g/mol. The van der Waals surface area contributed by atoms with Gasteiger partial charge in [-0.15, -0.1) is 0 Å². The first kappa shape index (κ1) is 14.1. The number of carboxylic acid groups (broad SMARTS) is 1. The van der Waals surface area contributed by atoms with E-state index >= 15 is 0 Å². The molecule has 3 heterocycles. The van der Waals surface area contributed by atoms with Gasteiger partial charge in [0.05, 0.1) is 13.2 Å². The van der Waals surface area contributed by atoms with E-state index in [0.717, 1.165) is 6.20 Å². The van der Waals surface area contributed by atoms with Gasteiger partial charge < -0.3 is 19.3 Å². The van der Waals surface area contributed by atoms with Crippen LogP contribution in [0, 0.1) is 0 Å². The molecule has 2 aliphatic rings. The van der Waals surface area contributed by atoms with Gasteiger partial charge >= 0.3 is 5.97 Å². The molecule has 1 aromatic heterocycles. The molecule has 0 radical (unpaired) electrons. The van der Waals surface area contributed by atoms with Crippen LogP contribution in [-0.2, 0) is 11.3 Å². The van der Waals surface area contributed by atoms with Crippen LogP contribution in [0.5, 0.6) is 0 Å². The molecule has 0 saturated carbocycles. The molecule has 1 N–H and O–H groups in total. The predicted molar refractivity (Wildman–Crippen MR) is 72.7 cm³/mol. The van der Waals surface area contributed by atoms with Crippen LogP contribution in [0.25, 0.3) is 0 Å². The Kier molecular flexibility index (Phi) is 3.26. The molecule has 7 nitrogen and oxygen atoms in total. The third-order valence-electron chi connectivity index (χ3n) is 3.88. The molecule has 0 aromatic carbocycles. The number of hydrogen-bond donors (Lipinski definition) is 1. The van der Waals surface area contributed by atoms with Crippen molar-refractivity contribution in [3.8, 4) is 0 Å². The van der Waals surface area contributed by atoms with Crippen LogP contribution < -0.4 is 5.43 Å². The van der Waals surface area contributed by atoms with Gasteiger partial charge in [0.15, 0.2) is 6.23 Å². The van der Waals surface area contributed by atoms with Crippen molar-refractivity contribution in [2.75, 3.05) is 6.61 Å². The summed E-state index contributed by atoms with van der Waals surface area (Å²) in [5, 5.41) is 8.68. The molecule has 0 bridgehead atoms. The van der Waals surface area contributed by atoms with Gasteiger partial charge in [-0.2, -0.15) is 0 Å². The lowest BCUT2D eigenvalue weighted by molar-refractivity contribution is -0.112. The molecule has 1 aromatic rings. The lowest BCUT2D eigenvalue weighted by Gasteiger charge is -2.44. The Morgan fingerprint density at radius 1 is 1.48 bits per heavy atom. The van der Waals surface area contributed by atoms with E-state index in [0.29, 0.717) is 13.0 Å². The molecule has 1 saturated heterocycles. The molecule has 112 valence electrons. The molecular formula is C13H13ClN2O5. The van der Waals surface area contributed by atoms with Crippen LogP contribution in [-0.4, -0.2) is 45.3 Å². The third kappa shape index (κ3) is 2.04. The monoisotopic (exact) mass is 312 g/mol. The van der Waals surface area contributed by atoms with Gasteiger partial charge in [-0.05, 0) is 13.3 Å². The Labute approximate surface area is 124 Å². The van der Waals surface area contributed by atoms with Crippen molar-refractivity contribution in [1.82, 2.24) is 9.47 Å². The highest BCUT2D eigenvalue weighted by Crippen LogP contribution is 2.28. The number of amides is 1. The second-order valence-electron chi connectivity index (χ2n) is 5.17. The summed E-state index contributed by atoms with van der Waals surface area (Å²) in [5.41, 5.74) is -1.26. The summed E-state index contributed by atoms with van der Waals surface area (Å²) in [6.07, 6.45) is 1.40. The number of carbonyl (C=O) groups excluding carboxylic acids is 1. The maximum Gasteiger partial charge on any atom is 0.341 e. The van der Waals surface area contributed by atoms with Crippen molar-refractivity contribution in [2.45, 2.75) is 32.2 Å². The number of fused-ring (bicyclic) bond motifs is 2. The molecular weight excluding hydrogens is 300 g/mol. The first-order valence-electron chi connectivity index (χ1n) is 6.52. The molecule has 1 amide bonds. The Morgan fingerprint density at radius 2 is 2.19 bits per heavy atom. The van der Waals surface area contributed by atoms with E-state index in [1.54, 1.807) is 4.90 Å². The Bertz CT molecular complexity index is 699. The molecule has 0 spiro atoms. The normalized spacial score (nSPS) is 24.5. The molecule has 1 unspecified atom stereocenters. The van der Waals surface area contributed by atoms with Crippen molar-refractivity contribution in [3.05, 3.63) is 32.7 Å². The Morgan fingerprint density at radius 3 is 2.86 bits per heavy atom. The summed E-state index contributed by atoms with van der Waals surface area (Å²) >= 11 is 5.95. The third-order valence-corrected chi connectivity index (χ3v) is 4.23. The van der Waals surface area contributed by atoms with E-state index in [-0.39, 0.29) is 23.3 Å². The highest BCUT2D eigenvalue weighted by atomic mass is 35.5. The number of carbonyl (C=O) groups is 2. The molecule has 1 fully saturated rings. The van der Waals surface area contributed by atoms with Gasteiger partial charge in [0, 0.05) is 12.2 Å². The number of carboxylic acids is 1. The summed E-state index contributed by atoms with van der Waals surface area (Å²) in [6.45, 7) is 2.69. The smallest absolute Gasteiger partial charge is 0.341 e. The quantitative estimate of drug-likeness (QED) is 0.828. The van der Waals surface area contributed by atoms with E-state index < -0.39 is 29.1 Å². The minimum atomic E-state index is -1.37. The average Bonchev–Trinajstić information content (AvgIpc) is 2.42. The fourth-order valence-corrected chi connectivity index (χ4v) is 3.08. The van der Waals surface area contributed by atoms with Crippen LogP contribution >= 0.6 is 11.6 Å². The highest BCUT2D eigenvalue weighted by Gasteiger charge is 2.40. The predicted octanol–water partition coefficient (Wildman–Crippen LogP) is 0.791. The van der Waals surface area contributed by atoms with E-state index in [2.05, 4.69) is 0 Å². The first-order chi connectivity index (χ1) is 9.91. The Balaban J connectivity index is 2.18. The maximum atomic E-state index is 12.6. The number of aromatic carboxylic acids is 1. The number of pyridine rings is 1. The van der Waals surface area contributed by atoms with E-state index in [1.165, 1.54) is 4.57 Å². The van der Waals surface area contributed by atoms with Crippen LogP contribution in [0.1, 0.15) is 34.2 Å². The van der Waals surface area contributed by atoms with Crippen molar-refractivity contribution in [3.63, 3.8) is 0 Å². The highest BCUT2D eigenvalue weighted by molar-refractivity contribution is 6.33. The first-order valence-corrected chi connectivity index (χ1v) is 6.90. The standard InChI is InChI=1S/C13H13ClN2O5/c1-6-2-3-21-8-5-15-4-7(13(19)20)11(17)9(14)10(15)12(18)16(6)8/h4,6,8H,2-3,5H2,1H3,(H,19,20)/t6-,8?/m1/s1. The van der Waals surface area contributed by atoms with Gasteiger partial charge in [0.1, 0.15) is 16.3 Å². The maximum absolute atomic E-state index is 12.6. The second-order valence-corrected chi connectivity index (χ2v) is 5.55. The summed E-state index contributed by atoms with van der Waals surface area (Å²) in [5.74, 6) is -1.78. The fourth-order valence-electron chi connectivity index (χ4n) is 2.78. The van der Waals surface area contributed by atoms with Gasteiger partial charge in [-0.1, -0.05) is 11.6 Å². The summed E-state index contributed by atoms with van der Waals surface area (Å²) in [6, 6.07) is -0.0182. The van der Waals surface area contributed by atoms with E-state index in [1.807, 2.05) is 6.92 Å². The summed E-state index contributed by atoms with van der Waals surface area (Å²) in [4.78, 5) is 37.1. The largest absolute Gasteiger partial charge is 0.477 e. The molecule has 21 heavy (non-hydrogen) atoms. The number of halogens is 1. The number of nitrogens with zero attached hydrogens (tertiary/aromatic N) is 2. The summed E-state index contributed by atoms with van der Waals surface area (Å²) < 4.78 is 6.96. The van der Waals surface area contributed by atoms with E-state index in [9.17, 15) is 14.4 Å². The lowest BCUT2D eigenvalue weighted by atomic mass is 10.1. The van der Waals surface area contributed by atoms with Crippen LogP contribution in [0.15, 0.2) is 11.0 Å². The van der Waals surface area contributed by atoms with Crippen molar-refractivity contribution in [1.29, 1.82) is 0 Å². The van der Waals surface area contributed by atoms with Crippen LogP contribution in [0.2, 0.25) is 5.02 Å². The molecule has 2 aliphatic heterocycles. The van der Waals surface area contributed by atoms with Gasteiger partial charge in [0.2, 0.25) is 5.43 Å². The minimum Gasteiger partial charge on any atom is -0.477 e. The van der Waals surface area contributed by atoms with E-state index in [4.69, 9.17) is 21.4 Å². The number of ether oxygens (including phenoxy) is 1. The van der Waals surface area contributed by atoms with Crippen LogP contribution in [0.3, 0.4) is 0 Å². The van der Waals surface area contributed by atoms with Crippen molar-refractivity contribution >= 4 is 23.5 Å². The SMILES string of the molecule is C[C@@H]1CCOC2Cn3cc(C(=O)O)c(=O)c(Cl)c3C(=O)N21. The molecule has 0 aliphatic carbocycles. The zero-order valence-electron chi connectivity index (χ0n) is 11.2. The minimum absolute atomic E-state index is 0.0182.